The van der Waals surface area contributed by atoms with E-state index in [1.54, 1.807) is 26.2 Å². The second kappa shape index (κ2) is 7.53. The Kier molecular flexibility index (Phi) is 5.39. The van der Waals surface area contributed by atoms with Crippen LogP contribution in [0.2, 0.25) is 0 Å². The van der Waals surface area contributed by atoms with Gasteiger partial charge in [-0.3, -0.25) is 14.2 Å². The fraction of sp³-hybridized carbons (Fsp3) is 0.353. The molecule has 0 bridgehead atoms. The molecule has 0 saturated heterocycles. The lowest BCUT2D eigenvalue weighted by molar-refractivity contribution is -0.139. The molecule has 0 spiro atoms. The number of hydrogen-bond acceptors (Lipinski definition) is 7. The molecular weight excluding hydrogens is 360 g/mol. The number of nitrogens with zero attached hydrogens (tertiary/aromatic N) is 2. The molecule has 132 valence electrons. The quantitative estimate of drug-likeness (QED) is 0.450. The van der Waals surface area contributed by atoms with Gasteiger partial charge in [-0.2, -0.15) is 0 Å². The van der Waals surface area contributed by atoms with E-state index in [1.165, 1.54) is 35.2 Å². The van der Waals surface area contributed by atoms with Crippen molar-refractivity contribution in [3.05, 3.63) is 40.3 Å². The molecular formula is C17H18N2O4S2. The summed E-state index contributed by atoms with van der Waals surface area (Å²) in [5.74, 6) is 1.05. The van der Waals surface area contributed by atoms with Crippen molar-refractivity contribution < 1.29 is 14.3 Å². The fourth-order valence-electron chi connectivity index (χ4n) is 2.57. The normalized spacial score (nSPS) is 14.0. The number of carbonyl (C=O) groups is 1. The van der Waals surface area contributed by atoms with Crippen molar-refractivity contribution in [3.63, 3.8) is 0 Å². The maximum Gasteiger partial charge on any atom is 0.318 e. The molecule has 1 aliphatic rings. The summed E-state index contributed by atoms with van der Waals surface area (Å²) in [5.41, 5.74) is 1.27. The average molecular weight is 378 g/mol. The van der Waals surface area contributed by atoms with Gasteiger partial charge in [0.15, 0.2) is 5.16 Å². The Labute approximate surface area is 153 Å². The van der Waals surface area contributed by atoms with E-state index in [-0.39, 0.29) is 11.5 Å². The van der Waals surface area contributed by atoms with E-state index in [9.17, 15) is 9.59 Å². The molecule has 8 heteroatoms. The van der Waals surface area contributed by atoms with Crippen LogP contribution in [-0.2, 0) is 16.0 Å². The van der Waals surface area contributed by atoms with E-state index < -0.39 is 5.25 Å². The third kappa shape index (κ3) is 3.41. The topological polar surface area (TPSA) is 70.4 Å². The van der Waals surface area contributed by atoms with E-state index in [0.717, 1.165) is 17.9 Å². The molecule has 0 N–H and O–H groups in total. The number of benzene rings is 1. The third-order valence-electron chi connectivity index (χ3n) is 3.81. The van der Waals surface area contributed by atoms with Crippen molar-refractivity contribution in [3.8, 4) is 11.4 Å². The first-order valence-corrected chi connectivity index (χ1v) is 9.60. The molecule has 0 fully saturated rings. The van der Waals surface area contributed by atoms with Crippen LogP contribution in [0.25, 0.3) is 5.69 Å². The Balaban J connectivity index is 2.18. The Morgan fingerprint density at radius 3 is 2.84 bits per heavy atom. The van der Waals surface area contributed by atoms with Crippen molar-refractivity contribution in [1.29, 1.82) is 0 Å². The van der Waals surface area contributed by atoms with Gasteiger partial charge in [-0.25, -0.2) is 4.98 Å². The highest BCUT2D eigenvalue weighted by molar-refractivity contribution is 8.00. The molecule has 1 atom stereocenters. The van der Waals surface area contributed by atoms with Gasteiger partial charge in [0, 0.05) is 12.2 Å². The summed E-state index contributed by atoms with van der Waals surface area (Å²) in [5, 5.41) is -0.0152. The molecule has 2 heterocycles. The molecule has 0 radical (unpaired) electrons. The monoisotopic (exact) mass is 378 g/mol. The van der Waals surface area contributed by atoms with Crippen molar-refractivity contribution >= 4 is 29.5 Å². The summed E-state index contributed by atoms with van der Waals surface area (Å²) in [7, 11) is 2.91. The van der Waals surface area contributed by atoms with Crippen LogP contribution in [0.4, 0.5) is 0 Å². The molecule has 0 aliphatic carbocycles. The lowest BCUT2D eigenvalue weighted by atomic mass is 10.2. The minimum atomic E-state index is -0.482. The van der Waals surface area contributed by atoms with Gasteiger partial charge in [-0.1, -0.05) is 23.9 Å². The largest absolute Gasteiger partial charge is 0.495 e. The number of aryl methyl sites for hydroxylation is 1. The minimum Gasteiger partial charge on any atom is -0.495 e. The maximum absolute atomic E-state index is 13.1. The molecule has 0 saturated carbocycles. The van der Waals surface area contributed by atoms with Gasteiger partial charge >= 0.3 is 5.97 Å². The number of esters is 1. The number of carbonyl (C=O) groups excluding carboxylic acids is 1. The lowest BCUT2D eigenvalue weighted by Crippen LogP contribution is -2.26. The highest BCUT2D eigenvalue weighted by atomic mass is 32.2. The molecule has 2 aromatic rings. The molecule has 3 rings (SSSR count). The Hall–Kier alpha value is -1.93. The third-order valence-corrected chi connectivity index (χ3v) is 5.95. The first-order valence-electron chi connectivity index (χ1n) is 7.73. The zero-order valence-corrected chi connectivity index (χ0v) is 15.8. The van der Waals surface area contributed by atoms with Crippen LogP contribution in [0.5, 0.6) is 5.75 Å². The van der Waals surface area contributed by atoms with Crippen LogP contribution in [-0.4, -0.2) is 40.7 Å². The SMILES string of the molecule is COC(=O)C(C)Sc1nc2c(c(=O)n1-c1ccccc1OC)SCC2. The second-order valence-corrected chi connectivity index (χ2v) is 7.78. The van der Waals surface area contributed by atoms with E-state index in [2.05, 4.69) is 4.98 Å². The maximum atomic E-state index is 13.1. The molecule has 1 aromatic heterocycles. The van der Waals surface area contributed by atoms with Crippen molar-refractivity contribution in [2.75, 3.05) is 20.0 Å². The zero-order valence-electron chi connectivity index (χ0n) is 14.1. The number of aromatic nitrogens is 2. The van der Waals surface area contributed by atoms with Crippen molar-refractivity contribution in [2.24, 2.45) is 0 Å². The summed E-state index contributed by atoms with van der Waals surface area (Å²) < 4.78 is 11.7. The van der Waals surface area contributed by atoms with Crippen molar-refractivity contribution in [1.82, 2.24) is 9.55 Å². The molecule has 1 aromatic carbocycles. The molecule has 25 heavy (non-hydrogen) atoms. The lowest BCUT2D eigenvalue weighted by Gasteiger charge is -2.17. The first-order chi connectivity index (χ1) is 12.1. The van der Waals surface area contributed by atoms with Crippen LogP contribution >= 0.6 is 23.5 Å². The number of fused-ring (bicyclic) bond motifs is 1. The summed E-state index contributed by atoms with van der Waals surface area (Å²) in [6, 6.07) is 7.27. The number of ether oxygens (including phenoxy) is 2. The Morgan fingerprint density at radius 1 is 1.36 bits per heavy atom. The minimum absolute atomic E-state index is 0.128. The summed E-state index contributed by atoms with van der Waals surface area (Å²) in [4.78, 5) is 30.2. The summed E-state index contributed by atoms with van der Waals surface area (Å²) >= 11 is 2.73. The predicted octanol–water partition coefficient (Wildman–Crippen LogP) is 2.54. The smallest absolute Gasteiger partial charge is 0.318 e. The van der Waals surface area contributed by atoms with E-state index in [4.69, 9.17) is 9.47 Å². The van der Waals surface area contributed by atoms with E-state index in [0.29, 0.717) is 21.5 Å². The van der Waals surface area contributed by atoms with Crippen molar-refractivity contribution in [2.45, 2.75) is 28.6 Å². The zero-order chi connectivity index (χ0) is 18.0. The van der Waals surface area contributed by atoms with Gasteiger partial charge in [-0.15, -0.1) is 11.8 Å². The standard InChI is InChI=1S/C17H18N2O4S2/c1-10(16(21)23-3)25-17-18-11-8-9-24-14(11)15(20)19(17)12-6-4-5-7-13(12)22-2/h4-7,10H,8-9H2,1-3H3. The fourth-order valence-corrected chi connectivity index (χ4v) is 4.56. The summed E-state index contributed by atoms with van der Waals surface area (Å²) in [6.45, 7) is 1.73. The van der Waals surface area contributed by atoms with Crippen LogP contribution in [0.3, 0.4) is 0 Å². The highest BCUT2D eigenvalue weighted by Crippen LogP contribution is 2.33. The predicted molar refractivity (Wildman–Crippen MR) is 98.1 cm³/mol. The van der Waals surface area contributed by atoms with Crippen LogP contribution in [0.15, 0.2) is 39.1 Å². The number of hydrogen-bond donors (Lipinski definition) is 0. The number of para-hydroxylation sites is 2. The van der Waals surface area contributed by atoms with Gasteiger partial charge < -0.3 is 9.47 Å². The van der Waals surface area contributed by atoms with Crippen LogP contribution in [0, 0.1) is 0 Å². The van der Waals surface area contributed by atoms with Crippen LogP contribution in [0.1, 0.15) is 12.6 Å². The van der Waals surface area contributed by atoms with Crippen LogP contribution < -0.4 is 10.3 Å². The number of methoxy groups -OCH3 is 2. The van der Waals surface area contributed by atoms with Gasteiger partial charge in [-0.05, 0) is 19.1 Å². The molecule has 1 unspecified atom stereocenters. The number of rotatable bonds is 5. The Bertz CT molecular complexity index is 866. The second-order valence-electron chi connectivity index (χ2n) is 5.36. The van der Waals surface area contributed by atoms with Gasteiger partial charge in [0.1, 0.15) is 11.0 Å². The van der Waals surface area contributed by atoms with E-state index in [1.807, 2.05) is 12.1 Å². The van der Waals surface area contributed by atoms with E-state index >= 15 is 0 Å². The number of thioether (sulfide) groups is 2. The molecule has 0 amide bonds. The highest BCUT2D eigenvalue weighted by Gasteiger charge is 2.26. The average Bonchev–Trinajstić information content (AvgIpc) is 3.10. The van der Waals surface area contributed by atoms with Gasteiger partial charge in [0.2, 0.25) is 0 Å². The summed E-state index contributed by atoms with van der Waals surface area (Å²) in [6.07, 6.45) is 0.752. The van der Waals surface area contributed by atoms with Gasteiger partial charge in [0.05, 0.1) is 30.5 Å². The molecule has 6 nitrogen and oxygen atoms in total. The molecule has 1 aliphatic heterocycles. The van der Waals surface area contributed by atoms with Gasteiger partial charge in [0.25, 0.3) is 5.56 Å². The first kappa shape index (κ1) is 17.9. The Morgan fingerprint density at radius 2 is 2.12 bits per heavy atom.